The second kappa shape index (κ2) is 5.47. The fourth-order valence-corrected chi connectivity index (χ4v) is 2.56. The van der Waals surface area contributed by atoms with Gasteiger partial charge < -0.3 is 0 Å². The molecule has 0 bridgehead atoms. The van der Waals surface area contributed by atoms with Gasteiger partial charge in [-0.1, -0.05) is 18.2 Å². The number of rotatable bonds is 1. The van der Waals surface area contributed by atoms with Crippen LogP contribution in [0.25, 0.3) is 11.1 Å². The van der Waals surface area contributed by atoms with E-state index in [9.17, 15) is 26.3 Å². The van der Waals surface area contributed by atoms with Crippen LogP contribution < -0.4 is 0 Å². The molecule has 112 valence electrons. The zero-order valence-corrected chi connectivity index (χ0v) is 12.2. The molecule has 0 saturated carbocycles. The molecule has 0 N–H and O–H groups in total. The van der Waals surface area contributed by atoms with Gasteiger partial charge in [0.2, 0.25) is 0 Å². The van der Waals surface area contributed by atoms with Crippen LogP contribution in [0.4, 0.5) is 26.3 Å². The van der Waals surface area contributed by atoms with Crippen molar-refractivity contribution in [3.63, 3.8) is 0 Å². The van der Waals surface area contributed by atoms with E-state index in [4.69, 9.17) is 0 Å². The summed E-state index contributed by atoms with van der Waals surface area (Å²) in [5.74, 6) is 0. The van der Waals surface area contributed by atoms with E-state index in [1.165, 1.54) is 12.1 Å². The van der Waals surface area contributed by atoms with E-state index in [0.717, 1.165) is 24.4 Å². The van der Waals surface area contributed by atoms with Crippen molar-refractivity contribution in [2.24, 2.45) is 0 Å². The van der Waals surface area contributed by atoms with Gasteiger partial charge in [-0.15, -0.1) is 0 Å². The number of nitrogens with zero attached hydrogens (tertiary/aromatic N) is 1. The van der Waals surface area contributed by atoms with E-state index in [1.54, 1.807) is 22.6 Å². The molecule has 1 heterocycles. The van der Waals surface area contributed by atoms with Gasteiger partial charge in [0.05, 0.1) is 5.56 Å². The van der Waals surface area contributed by atoms with Gasteiger partial charge in [0.15, 0.2) is 5.69 Å². The number of hydrogen-bond donors (Lipinski definition) is 0. The quantitative estimate of drug-likeness (QED) is 0.448. The summed E-state index contributed by atoms with van der Waals surface area (Å²) in [5.41, 5.74) is -3.54. The van der Waals surface area contributed by atoms with Crippen molar-refractivity contribution in [1.82, 2.24) is 4.98 Å². The summed E-state index contributed by atoms with van der Waals surface area (Å²) < 4.78 is 78.0. The van der Waals surface area contributed by atoms with Crippen LogP contribution >= 0.6 is 22.6 Å². The lowest BCUT2D eigenvalue weighted by atomic mass is 9.98. The van der Waals surface area contributed by atoms with Crippen LogP contribution in [0.3, 0.4) is 0 Å². The monoisotopic (exact) mass is 417 g/mol. The summed E-state index contributed by atoms with van der Waals surface area (Å²) >= 11 is 1.57. The summed E-state index contributed by atoms with van der Waals surface area (Å²) in [6, 6.07) is 5.38. The minimum absolute atomic E-state index is 0.0478. The third kappa shape index (κ3) is 3.30. The van der Waals surface area contributed by atoms with Gasteiger partial charge in [0.1, 0.15) is 0 Å². The van der Waals surface area contributed by atoms with Crippen LogP contribution in [0.5, 0.6) is 0 Å². The number of hydrogen-bond acceptors (Lipinski definition) is 1. The van der Waals surface area contributed by atoms with Crippen molar-refractivity contribution in [2.75, 3.05) is 0 Å². The molecule has 0 spiro atoms. The van der Waals surface area contributed by atoms with Gasteiger partial charge in [-0.05, 0) is 40.3 Å². The average molecular weight is 417 g/mol. The number of aromatic nitrogens is 1. The van der Waals surface area contributed by atoms with E-state index in [2.05, 4.69) is 4.98 Å². The number of benzene rings is 1. The molecule has 0 unspecified atom stereocenters. The third-order valence-electron chi connectivity index (χ3n) is 2.67. The van der Waals surface area contributed by atoms with Crippen LogP contribution in [0.1, 0.15) is 11.3 Å². The number of alkyl halides is 6. The lowest BCUT2D eigenvalue weighted by Gasteiger charge is -2.17. The highest BCUT2D eigenvalue weighted by Crippen LogP contribution is 2.43. The molecular weight excluding hydrogens is 411 g/mol. The van der Waals surface area contributed by atoms with Gasteiger partial charge in [0.25, 0.3) is 0 Å². The first kappa shape index (κ1) is 16.1. The third-order valence-corrected chi connectivity index (χ3v) is 3.57. The summed E-state index contributed by atoms with van der Waals surface area (Å²) in [5, 5.41) is 0. The highest BCUT2D eigenvalue weighted by molar-refractivity contribution is 14.1. The Morgan fingerprint density at radius 2 is 1.48 bits per heavy atom. The van der Waals surface area contributed by atoms with Crippen molar-refractivity contribution in [3.8, 4) is 11.1 Å². The highest BCUT2D eigenvalue weighted by Gasteiger charge is 2.40. The first-order valence-corrected chi connectivity index (χ1v) is 6.58. The lowest BCUT2D eigenvalue weighted by molar-refractivity contribution is -0.141. The van der Waals surface area contributed by atoms with E-state index in [1.807, 2.05) is 0 Å². The maximum absolute atomic E-state index is 13.0. The Morgan fingerprint density at radius 3 is 2.05 bits per heavy atom. The van der Waals surface area contributed by atoms with Crippen LogP contribution in [0.2, 0.25) is 0 Å². The van der Waals surface area contributed by atoms with Crippen molar-refractivity contribution in [1.29, 1.82) is 0 Å². The molecule has 0 amide bonds. The molecule has 1 aromatic heterocycles. The predicted octanol–water partition coefficient (Wildman–Crippen LogP) is 5.39. The first-order valence-electron chi connectivity index (χ1n) is 5.50. The lowest BCUT2D eigenvalue weighted by Crippen LogP contribution is -2.14. The second-order valence-electron chi connectivity index (χ2n) is 4.06. The molecule has 21 heavy (non-hydrogen) atoms. The van der Waals surface area contributed by atoms with Crippen molar-refractivity contribution in [3.05, 3.63) is 51.4 Å². The Hall–Kier alpha value is -1.32. The molecular formula is C13H6F6IN. The Morgan fingerprint density at radius 1 is 0.857 bits per heavy atom. The zero-order valence-electron chi connectivity index (χ0n) is 10.1. The minimum Gasteiger partial charge on any atom is -0.251 e. The fraction of sp³-hybridized carbons (Fsp3) is 0.154. The number of pyridine rings is 1. The predicted molar refractivity (Wildman–Crippen MR) is 72.4 cm³/mol. The van der Waals surface area contributed by atoms with Gasteiger partial charge in [-0.3, -0.25) is 4.98 Å². The van der Waals surface area contributed by atoms with Gasteiger partial charge >= 0.3 is 12.4 Å². The molecule has 1 aromatic carbocycles. The Balaban J connectivity index is 2.81. The van der Waals surface area contributed by atoms with E-state index >= 15 is 0 Å². The molecule has 0 radical (unpaired) electrons. The average Bonchev–Trinajstić information content (AvgIpc) is 2.36. The largest absolute Gasteiger partial charge is 0.433 e. The minimum atomic E-state index is -4.84. The van der Waals surface area contributed by atoms with Crippen molar-refractivity contribution in [2.45, 2.75) is 12.4 Å². The first-order chi connectivity index (χ1) is 9.62. The molecule has 0 aliphatic heterocycles. The smallest absolute Gasteiger partial charge is 0.251 e. The molecule has 2 rings (SSSR count). The molecule has 0 aliphatic rings. The van der Waals surface area contributed by atoms with Crippen LogP contribution in [0, 0.1) is 3.57 Å². The summed E-state index contributed by atoms with van der Waals surface area (Å²) in [6.07, 6.45) is -8.67. The summed E-state index contributed by atoms with van der Waals surface area (Å²) in [4.78, 5) is 3.21. The molecule has 0 atom stereocenters. The Bertz CT molecular complexity index is 662. The van der Waals surface area contributed by atoms with Crippen molar-refractivity contribution < 1.29 is 26.3 Å². The molecule has 0 fully saturated rings. The standard InChI is InChI=1S/C13H6F6IN/c14-12(15,16)8-4-2-1-3-7(8)10-9(20)5-6-21-11(10)13(17,18)19/h1-6H. The fourth-order valence-electron chi connectivity index (χ4n) is 1.86. The molecule has 0 saturated heterocycles. The normalized spacial score (nSPS) is 12.5. The van der Waals surface area contributed by atoms with Crippen LogP contribution in [-0.2, 0) is 12.4 Å². The molecule has 0 aliphatic carbocycles. The van der Waals surface area contributed by atoms with Gasteiger partial charge in [-0.2, -0.15) is 26.3 Å². The molecule has 1 nitrogen and oxygen atoms in total. The molecule has 2 aromatic rings. The Kier molecular flexibility index (Phi) is 4.18. The maximum Gasteiger partial charge on any atom is 0.433 e. The van der Waals surface area contributed by atoms with Crippen molar-refractivity contribution >= 4 is 22.6 Å². The van der Waals surface area contributed by atoms with Crippen LogP contribution in [-0.4, -0.2) is 4.98 Å². The SMILES string of the molecule is FC(F)(F)c1ccccc1-c1c(I)ccnc1C(F)(F)F. The maximum atomic E-state index is 13.0. The molecule has 8 heteroatoms. The zero-order chi connectivity index (χ0) is 15.8. The van der Waals surface area contributed by atoms with Gasteiger partial charge in [-0.25, -0.2) is 0 Å². The topological polar surface area (TPSA) is 12.9 Å². The van der Waals surface area contributed by atoms with E-state index in [0.29, 0.717) is 0 Å². The Labute approximate surface area is 129 Å². The highest BCUT2D eigenvalue weighted by atomic mass is 127. The number of halogens is 7. The van der Waals surface area contributed by atoms with Gasteiger partial charge in [0, 0.05) is 15.3 Å². The van der Waals surface area contributed by atoms with E-state index < -0.39 is 34.7 Å². The van der Waals surface area contributed by atoms with Crippen LogP contribution in [0.15, 0.2) is 36.5 Å². The van der Waals surface area contributed by atoms with E-state index in [-0.39, 0.29) is 3.57 Å². The summed E-state index contributed by atoms with van der Waals surface area (Å²) in [7, 11) is 0. The summed E-state index contributed by atoms with van der Waals surface area (Å²) in [6.45, 7) is 0. The second-order valence-corrected chi connectivity index (χ2v) is 5.22.